The Balaban J connectivity index is 1.74. The molecule has 0 saturated carbocycles. The lowest BCUT2D eigenvalue weighted by atomic mass is 10.1. The Morgan fingerprint density at radius 3 is 2.62 bits per heavy atom. The fraction of sp³-hybridized carbons (Fsp3) is 0.182. The minimum absolute atomic E-state index is 0.0845. The highest BCUT2D eigenvalue weighted by Gasteiger charge is 2.20. The topological polar surface area (TPSA) is 78.4 Å². The van der Waals surface area contributed by atoms with Crippen molar-refractivity contribution in [2.75, 3.05) is 21.3 Å². The summed E-state index contributed by atoms with van der Waals surface area (Å²) < 4.78 is 39.7. The number of aromatic amines is 1. The number of rotatable bonds is 6. The van der Waals surface area contributed by atoms with Gasteiger partial charge in [0, 0.05) is 35.3 Å². The van der Waals surface area contributed by atoms with E-state index in [-0.39, 0.29) is 28.5 Å². The number of ether oxygens (including phenoxy) is 3. The van der Waals surface area contributed by atoms with Crippen LogP contribution in [0.4, 0.5) is 0 Å². The SMILES string of the molecule is [2H]C([2H])([2H])Oc1cc(C(=O)c2cnc(-c3cn(C)c4ccccc34)[nH]2)cc(OC)c1OC. The molecule has 0 aliphatic heterocycles. The molecule has 148 valence electrons. The summed E-state index contributed by atoms with van der Waals surface area (Å²) in [7, 11) is 1.96. The van der Waals surface area contributed by atoms with E-state index < -0.39 is 12.8 Å². The molecule has 0 bridgehead atoms. The number of aryl methyl sites for hydroxylation is 1. The maximum absolute atomic E-state index is 13.2. The number of nitrogens with one attached hydrogen (secondary N) is 1. The average Bonchev–Trinajstić information content (AvgIpc) is 3.37. The number of carbonyl (C=O) groups is 1. The second kappa shape index (κ2) is 7.35. The van der Waals surface area contributed by atoms with Gasteiger partial charge in [-0.1, -0.05) is 18.2 Å². The lowest BCUT2D eigenvalue weighted by Gasteiger charge is -2.13. The summed E-state index contributed by atoms with van der Waals surface area (Å²) in [5, 5.41) is 1.00. The van der Waals surface area contributed by atoms with Gasteiger partial charge in [-0.2, -0.15) is 0 Å². The number of fused-ring (bicyclic) bond motifs is 1. The number of hydrogen-bond acceptors (Lipinski definition) is 5. The second-order valence-electron chi connectivity index (χ2n) is 6.46. The number of hydrogen-bond donors (Lipinski definition) is 1. The first kappa shape index (κ1) is 15.2. The maximum atomic E-state index is 13.2. The van der Waals surface area contributed by atoms with Crippen molar-refractivity contribution in [1.82, 2.24) is 14.5 Å². The highest BCUT2D eigenvalue weighted by atomic mass is 16.5. The molecule has 0 atom stereocenters. The molecule has 7 nitrogen and oxygen atoms in total. The van der Waals surface area contributed by atoms with Crippen molar-refractivity contribution in [2.24, 2.45) is 7.05 Å². The molecule has 0 aliphatic carbocycles. The zero-order valence-corrected chi connectivity index (χ0v) is 16.1. The summed E-state index contributed by atoms with van der Waals surface area (Å²) in [5.41, 5.74) is 2.30. The van der Waals surface area contributed by atoms with E-state index in [9.17, 15) is 4.79 Å². The molecule has 0 fully saturated rings. The number of ketones is 1. The maximum Gasteiger partial charge on any atom is 0.211 e. The Kier molecular flexibility index (Phi) is 3.86. The summed E-state index contributed by atoms with van der Waals surface area (Å²) in [6, 6.07) is 10.7. The summed E-state index contributed by atoms with van der Waals surface area (Å²) in [6.45, 7) is 0. The molecule has 2 aromatic carbocycles. The van der Waals surface area contributed by atoms with Gasteiger partial charge < -0.3 is 23.8 Å². The quantitative estimate of drug-likeness (QED) is 0.503. The number of nitrogens with zero attached hydrogens (tertiary/aromatic N) is 2. The van der Waals surface area contributed by atoms with Crippen LogP contribution in [-0.2, 0) is 7.05 Å². The third-order valence-corrected chi connectivity index (χ3v) is 4.79. The molecule has 1 N–H and O–H groups in total. The highest BCUT2D eigenvalue weighted by Crippen LogP contribution is 2.38. The molecule has 7 heteroatoms. The molecule has 0 amide bonds. The molecule has 4 aromatic rings. The van der Waals surface area contributed by atoms with E-state index in [1.54, 1.807) is 0 Å². The van der Waals surface area contributed by atoms with E-state index in [0.717, 1.165) is 16.5 Å². The van der Waals surface area contributed by atoms with Gasteiger partial charge in [0.15, 0.2) is 11.5 Å². The summed E-state index contributed by atoms with van der Waals surface area (Å²) >= 11 is 0. The fourth-order valence-electron chi connectivity index (χ4n) is 3.40. The van der Waals surface area contributed by atoms with Crippen LogP contribution in [0.1, 0.15) is 20.2 Å². The monoisotopic (exact) mass is 394 g/mol. The van der Waals surface area contributed by atoms with Crippen LogP contribution in [0.2, 0.25) is 0 Å². The van der Waals surface area contributed by atoms with Gasteiger partial charge in [0.2, 0.25) is 11.5 Å². The second-order valence-corrected chi connectivity index (χ2v) is 6.46. The Morgan fingerprint density at radius 2 is 1.90 bits per heavy atom. The van der Waals surface area contributed by atoms with Crippen molar-refractivity contribution >= 4 is 16.7 Å². The first-order valence-corrected chi connectivity index (χ1v) is 8.81. The number of aromatic nitrogens is 3. The van der Waals surface area contributed by atoms with Gasteiger partial charge in [-0.25, -0.2) is 4.98 Å². The van der Waals surface area contributed by atoms with Gasteiger partial charge in [-0.05, 0) is 18.2 Å². The third-order valence-electron chi connectivity index (χ3n) is 4.79. The number of carbonyl (C=O) groups excluding carboxylic acids is 1. The van der Waals surface area contributed by atoms with Gasteiger partial charge in [-0.15, -0.1) is 0 Å². The van der Waals surface area contributed by atoms with Crippen LogP contribution >= 0.6 is 0 Å². The number of H-pyrrole nitrogens is 1. The van der Waals surface area contributed by atoms with Crippen LogP contribution < -0.4 is 14.2 Å². The van der Waals surface area contributed by atoms with E-state index in [4.69, 9.17) is 18.3 Å². The molecule has 0 saturated heterocycles. The van der Waals surface area contributed by atoms with Crippen molar-refractivity contribution in [3.63, 3.8) is 0 Å². The van der Waals surface area contributed by atoms with E-state index in [1.807, 2.05) is 42.1 Å². The smallest absolute Gasteiger partial charge is 0.211 e. The number of imidazole rings is 1. The van der Waals surface area contributed by atoms with Gasteiger partial charge in [0.25, 0.3) is 0 Å². The summed E-state index contributed by atoms with van der Waals surface area (Å²) in [5.74, 6) is 0.279. The summed E-state index contributed by atoms with van der Waals surface area (Å²) in [4.78, 5) is 20.6. The normalized spacial score (nSPS) is 12.9. The zero-order chi connectivity index (χ0) is 23.0. The van der Waals surface area contributed by atoms with Gasteiger partial charge in [0.05, 0.1) is 31.6 Å². The van der Waals surface area contributed by atoms with Crippen LogP contribution in [0.25, 0.3) is 22.3 Å². The van der Waals surface area contributed by atoms with Crippen molar-refractivity contribution < 1.29 is 23.1 Å². The van der Waals surface area contributed by atoms with Crippen LogP contribution in [0.15, 0.2) is 48.8 Å². The molecule has 4 rings (SSSR count). The van der Waals surface area contributed by atoms with Gasteiger partial charge in [0.1, 0.15) is 11.5 Å². The third kappa shape index (κ3) is 3.10. The molecule has 2 aromatic heterocycles. The van der Waals surface area contributed by atoms with E-state index in [1.165, 1.54) is 32.5 Å². The van der Waals surface area contributed by atoms with Crippen molar-refractivity contribution in [1.29, 1.82) is 0 Å². The first-order valence-electron chi connectivity index (χ1n) is 10.3. The van der Waals surface area contributed by atoms with E-state index in [2.05, 4.69) is 9.97 Å². The van der Waals surface area contributed by atoms with E-state index in [0.29, 0.717) is 5.82 Å². The molecule has 0 aliphatic rings. The lowest BCUT2D eigenvalue weighted by molar-refractivity contribution is 0.103. The molecule has 29 heavy (non-hydrogen) atoms. The fourth-order valence-corrected chi connectivity index (χ4v) is 3.40. The van der Waals surface area contributed by atoms with Crippen LogP contribution in [0, 0.1) is 0 Å². The molecular weight excluding hydrogens is 370 g/mol. The largest absolute Gasteiger partial charge is 0.493 e. The van der Waals surface area contributed by atoms with Crippen molar-refractivity contribution in [3.05, 3.63) is 60.0 Å². The Morgan fingerprint density at radius 1 is 1.14 bits per heavy atom. The van der Waals surface area contributed by atoms with Crippen LogP contribution in [0.5, 0.6) is 17.2 Å². The minimum atomic E-state index is -2.73. The first-order chi connectivity index (χ1) is 15.2. The molecule has 0 radical (unpaired) electrons. The van der Waals surface area contributed by atoms with Crippen molar-refractivity contribution in [3.8, 4) is 28.6 Å². The molecule has 0 spiro atoms. The highest BCUT2D eigenvalue weighted by molar-refractivity contribution is 6.09. The van der Waals surface area contributed by atoms with E-state index >= 15 is 0 Å². The van der Waals surface area contributed by atoms with Crippen LogP contribution in [-0.4, -0.2) is 41.6 Å². The summed E-state index contributed by atoms with van der Waals surface area (Å²) in [6.07, 6.45) is 3.39. The van der Waals surface area contributed by atoms with Crippen LogP contribution in [0.3, 0.4) is 0 Å². The Labute approximate surface area is 172 Å². The zero-order valence-electron chi connectivity index (χ0n) is 19.1. The predicted molar refractivity (Wildman–Crippen MR) is 110 cm³/mol. The molecule has 0 unspecified atom stereocenters. The predicted octanol–water partition coefficient (Wildman–Crippen LogP) is 3.83. The standard InChI is InChI=1S/C22H21N3O4/c1-25-12-15(14-7-5-6-8-17(14)25)22-23-11-16(24-22)20(26)13-9-18(27-2)21(29-4)19(10-13)28-3/h5-12H,1-4H3,(H,23,24)/i2D3. The average molecular weight is 394 g/mol. The molecular formula is C22H21N3O4. The number of methoxy groups -OCH3 is 3. The van der Waals surface area contributed by atoms with Gasteiger partial charge >= 0.3 is 0 Å². The number of para-hydroxylation sites is 1. The Bertz CT molecular complexity index is 1310. The molecule has 2 heterocycles. The number of benzene rings is 2. The Hall–Kier alpha value is -3.74. The lowest BCUT2D eigenvalue weighted by Crippen LogP contribution is -2.04. The van der Waals surface area contributed by atoms with Crippen molar-refractivity contribution in [2.45, 2.75) is 0 Å². The van der Waals surface area contributed by atoms with Gasteiger partial charge in [-0.3, -0.25) is 4.79 Å². The minimum Gasteiger partial charge on any atom is -0.493 e.